The minimum atomic E-state index is -3.40. The van der Waals surface area contributed by atoms with Crippen molar-refractivity contribution in [2.24, 2.45) is 0 Å². The number of methoxy groups -OCH3 is 1. The first-order chi connectivity index (χ1) is 13.0. The largest absolute Gasteiger partial charge is 0.496 e. The summed E-state index contributed by atoms with van der Waals surface area (Å²) in [5.41, 5.74) is 0.810. The van der Waals surface area contributed by atoms with Crippen LogP contribution in [-0.2, 0) is 21.4 Å². The summed E-state index contributed by atoms with van der Waals surface area (Å²) in [7, 11) is -1.82. The summed E-state index contributed by atoms with van der Waals surface area (Å²) in [6.45, 7) is 1.45. The zero-order valence-electron chi connectivity index (χ0n) is 15.1. The molecular weight excluding hydrogens is 384 g/mol. The van der Waals surface area contributed by atoms with Crippen LogP contribution in [0.15, 0.2) is 46.7 Å². The molecule has 1 aliphatic rings. The summed E-state index contributed by atoms with van der Waals surface area (Å²) in [6.07, 6.45) is 4.94. The molecule has 1 amide bonds. The highest BCUT2D eigenvalue weighted by Gasteiger charge is 2.28. The fourth-order valence-corrected chi connectivity index (χ4v) is 5.82. The Balaban J connectivity index is 1.58. The topological polar surface area (TPSA) is 75.7 Å². The molecule has 1 fully saturated rings. The van der Waals surface area contributed by atoms with Crippen LogP contribution in [0.1, 0.15) is 23.3 Å². The van der Waals surface area contributed by atoms with Gasteiger partial charge >= 0.3 is 0 Å². The van der Waals surface area contributed by atoms with E-state index >= 15 is 0 Å². The van der Waals surface area contributed by atoms with Crippen LogP contribution in [0.4, 0.5) is 0 Å². The summed E-state index contributed by atoms with van der Waals surface area (Å²) in [4.78, 5) is 12.8. The monoisotopic (exact) mass is 406 g/mol. The first-order valence-electron chi connectivity index (χ1n) is 8.68. The summed E-state index contributed by atoms with van der Waals surface area (Å²) in [5.74, 6) is 0.440. The third-order valence-corrected chi connectivity index (χ3v) is 7.74. The summed E-state index contributed by atoms with van der Waals surface area (Å²) in [5, 5.41) is 2.78. The molecule has 1 aromatic carbocycles. The van der Waals surface area contributed by atoms with Crippen molar-refractivity contribution in [3.05, 3.63) is 52.9 Å². The lowest BCUT2D eigenvalue weighted by molar-refractivity contribution is -0.116. The zero-order valence-corrected chi connectivity index (χ0v) is 16.7. The van der Waals surface area contributed by atoms with Crippen LogP contribution in [0.5, 0.6) is 5.75 Å². The smallest absolute Gasteiger partial charge is 0.252 e. The molecule has 27 heavy (non-hydrogen) atoms. The number of carbonyl (C=O) groups is 1. The van der Waals surface area contributed by atoms with E-state index in [0.717, 1.165) is 23.3 Å². The Morgan fingerprint density at radius 2 is 1.96 bits per heavy atom. The number of para-hydroxylation sites is 1. The van der Waals surface area contributed by atoms with E-state index in [-0.39, 0.29) is 12.5 Å². The van der Waals surface area contributed by atoms with E-state index in [0.29, 0.717) is 23.0 Å². The average molecular weight is 407 g/mol. The van der Waals surface area contributed by atoms with Crippen LogP contribution in [0.2, 0.25) is 0 Å². The van der Waals surface area contributed by atoms with Crippen molar-refractivity contribution in [2.45, 2.75) is 23.6 Å². The molecule has 6 nitrogen and oxygen atoms in total. The van der Waals surface area contributed by atoms with Crippen molar-refractivity contribution in [1.29, 1.82) is 0 Å². The molecule has 0 bridgehead atoms. The van der Waals surface area contributed by atoms with E-state index in [1.54, 1.807) is 25.3 Å². The quantitative estimate of drug-likeness (QED) is 0.718. The number of carbonyl (C=O) groups excluding carboxylic acids is 1. The Bertz CT molecular complexity index is 929. The van der Waals surface area contributed by atoms with Crippen LogP contribution in [0.3, 0.4) is 0 Å². The maximum Gasteiger partial charge on any atom is 0.252 e. The molecule has 0 spiro atoms. The fourth-order valence-electron chi connectivity index (χ4n) is 2.85. The van der Waals surface area contributed by atoms with Crippen molar-refractivity contribution in [2.75, 3.05) is 20.2 Å². The van der Waals surface area contributed by atoms with E-state index in [2.05, 4.69) is 5.32 Å². The lowest BCUT2D eigenvalue weighted by Crippen LogP contribution is -2.27. The molecule has 1 aromatic heterocycles. The van der Waals surface area contributed by atoms with Crippen molar-refractivity contribution >= 4 is 33.3 Å². The molecular formula is C19H22N2O4S2. The second kappa shape index (κ2) is 8.69. The highest BCUT2D eigenvalue weighted by molar-refractivity contribution is 7.91. The molecule has 0 atom stereocenters. The minimum absolute atomic E-state index is 0.252. The SMILES string of the molecule is COc1ccccc1C=CC(=O)NCc1ccc(S(=O)(=O)N2CCCC2)s1. The Labute approximate surface area is 163 Å². The van der Waals surface area contributed by atoms with Crippen molar-refractivity contribution in [3.63, 3.8) is 0 Å². The predicted molar refractivity (Wildman–Crippen MR) is 106 cm³/mol. The lowest BCUT2D eigenvalue weighted by atomic mass is 10.2. The van der Waals surface area contributed by atoms with Crippen molar-refractivity contribution in [1.82, 2.24) is 9.62 Å². The lowest BCUT2D eigenvalue weighted by Gasteiger charge is -2.13. The second-order valence-electron chi connectivity index (χ2n) is 6.13. The van der Waals surface area contributed by atoms with Gasteiger partial charge in [0.05, 0.1) is 13.7 Å². The van der Waals surface area contributed by atoms with Crippen LogP contribution >= 0.6 is 11.3 Å². The number of rotatable bonds is 7. The van der Waals surface area contributed by atoms with Gasteiger partial charge in [-0.2, -0.15) is 4.31 Å². The fraction of sp³-hybridized carbons (Fsp3) is 0.316. The first kappa shape index (κ1) is 19.6. The molecule has 1 N–H and O–H groups in total. The summed E-state index contributed by atoms with van der Waals surface area (Å²) in [6, 6.07) is 10.8. The number of sulfonamides is 1. The normalized spacial score (nSPS) is 15.3. The Hall–Kier alpha value is -2.16. The van der Waals surface area contributed by atoms with Gasteiger partial charge in [-0.05, 0) is 37.1 Å². The number of hydrogen-bond donors (Lipinski definition) is 1. The van der Waals surface area contributed by atoms with Crippen molar-refractivity contribution in [3.8, 4) is 5.75 Å². The molecule has 0 aliphatic carbocycles. The number of thiophene rings is 1. The molecule has 2 heterocycles. The van der Waals surface area contributed by atoms with Crippen molar-refractivity contribution < 1.29 is 17.9 Å². The van der Waals surface area contributed by atoms with Gasteiger partial charge in [0.1, 0.15) is 9.96 Å². The molecule has 3 rings (SSSR count). The molecule has 1 saturated heterocycles. The van der Waals surface area contributed by atoms with E-state index in [1.165, 1.54) is 21.7 Å². The van der Waals surface area contributed by atoms with Crippen LogP contribution in [-0.4, -0.2) is 38.8 Å². The number of nitrogens with zero attached hydrogens (tertiary/aromatic N) is 1. The van der Waals surface area contributed by atoms with Gasteiger partial charge in [0.2, 0.25) is 5.91 Å². The van der Waals surface area contributed by atoms with Gasteiger partial charge in [-0.3, -0.25) is 4.79 Å². The predicted octanol–water partition coefficient (Wildman–Crippen LogP) is 2.87. The van der Waals surface area contributed by atoms with Crippen LogP contribution in [0.25, 0.3) is 6.08 Å². The van der Waals surface area contributed by atoms with Gasteiger partial charge in [0.15, 0.2) is 0 Å². The number of ether oxygens (including phenoxy) is 1. The van der Waals surface area contributed by atoms with Gasteiger partial charge in [-0.1, -0.05) is 18.2 Å². The van der Waals surface area contributed by atoms with E-state index in [9.17, 15) is 13.2 Å². The maximum atomic E-state index is 12.5. The minimum Gasteiger partial charge on any atom is -0.496 e. The molecule has 0 unspecified atom stereocenters. The van der Waals surface area contributed by atoms with Crippen LogP contribution in [0, 0.1) is 0 Å². The number of nitrogens with one attached hydrogen (secondary N) is 1. The van der Waals surface area contributed by atoms with Crippen LogP contribution < -0.4 is 10.1 Å². The third-order valence-electron chi connectivity index (χ3n) is 4.29. The molecule has 144 valence electrons. The summed E-state index contributed by atoms with van der Waals surface area (Å²) >= 11 is 1.20. The van der Waals surface area contributed by atoms with Gasteiger partial charge in [-0.15, -0.1) is 11.3 Å². The van der Waals surface area contributed by atoms with E-state index in [4.69, 9.17) is 4.74 Å². The molecule has 0 radical (unpaired) electrons. The van der Waals surface area contributed by atoms with E-state index in [1.807, 2.05) is 24.3 Å². The zero-order chi connectivity index (χ0) is 19.3. The molecule has 8 heteroatoms. The number of amides is 1. The van der Waals surface area contributed by atoms with Gasteiger partial charge in [0.25, 0.3) is 10.0 Å². The number of hydrogen-bond acceptors (Lipinski definition) is 5. The Morgan fingerprint density at radius 3 is 2.70 bits per heavy atom. The highest BCUT2D eigenvalue weighted by Crippen LogP contribution is 2.27. The standard InChI is InChI=1S/C19H22N2O4S2/c1-25-17-7-3-2-6-15(17)8-10-18(22)20-14-16-9-11-19(26-16)27(23,24)21-12-4-5-13-21/h2-3,6-11H,4-5,12-14H2,1H3,(H,20,22). The summed E-state index contributed by atoms with van der Waals surface area (Å²) < 4.78 is 32.2. The Morgan fingerprint density at radius 1 is 1.22 bits per heavy atom. The Kier molecular flexibility index (Phi) is 6.30. The second-order valence-corrected chi connectivity index (χ2v) is 9.46. The van der Waals surface area contributed by atoms with Gasteiger partial charge in [-0.25, -0.2) is 8.42 Å². The highest BCUT2D eigenvalue weighted by atomic mass is 32.2. The third kappa shape index (κ3) is 4.77. The molecule has 1 aliphatic heterocycles. The van der Waals surface area contributed by atoms with Gasteiger partial charge in [0, 0.05) is 29.6 Å². The molecule has 2 aromatic rings. The number of benzene rings is 1. The maximum absolute atomic E-state index is 12.5. The first-order valence-corrected chi connectivity index (χ1v) is 10.9. The molecule has 0 saturated carbocycles. The van der Waals surface area contributed by atoms with Gasteiger partial charge < -0.3 is 10.1 Å². The average Bonchev–Trinajstić information content (AvgIpc) is 3.37. The van der Waals surface area contributed by atoms with E-state index < -0.39 is 10.0 Å².